The van der Waals surface area contributed by atoms with E-state index in [2.05, 4.69) is 19.9 Å². The molecule has 2 aromatic rings. The summed E-state index contributed by atoms with van der Waals surface area (Å²) in [4.78, 5) is 32.0. The Morgan fingerprint density at radius 1 is 0.760 bits per heavy atom. The van der Waals surface area contributed by atoms with Crippen LogP contribution in [0.2, 0.25) is 0 Å². The molecule has 17 heteroatoms. The highest BCUT2D eigenvalue weighted by molar-refractivity contribution is 7.79. The van der Waals surface area contributed by atoms with E-state index in [-0.39, 0.29) is 23.3 Å². The Balaban J connectivity index is 0.000000368. The number of nitrogens with zero attached hydrogens (tertiary/aromatic N) is 2. The van der Waals surface area contributed by atoms with Crippen molar-refractivity contribution in [2.75, 3.05) is 22.9 Å². The molecule has 0 saturated carbocycles. The lowest BCUT2D eigenvalue weighted by Gasteiger charge is -1.95. The average molecular weight is 382 g/mol. The molecule has 0 amide bonds. The van der Waals surface area contributed by atoms with Crippen LogP contribution >= 0.6 is 0 Å². The number of hydrogen-bond acceptors (Lipinski definition) is 12. The number of anilines is 4. The van der Waals surface area contributed by atoms with Gasteiger partial charge in [0.2, 0.25) is 23.7 Å². The van der Waals surface area contributed by atoms with Crippen molar-refractivity contribution in [1.29, 1.82) is 0 Å². The van der Waals surface area contributed by atoms with Gasteiger partial charge in [0.15, 0.2) is 11.4 Å². The predicted octanol–water partition coefficient (Wildman–Crippen LogP) is -3.37. The fourth-order valence-corrected chi connectivity index (χ4v) is 0.975. The minimum Gasteiger partial charge on any atom is -0.492 e. The Bertz CT molecular complexity index is 880. The van der Waals surface area contributed by atoms with Crippen LogP contribution in [-0.2, 0) is 10.4 Å². The summed E-state index contributed by atoms with van der Waals surface area (Å²) in [6, 6.07) is 0. The zero-order chi connectivity index (χ0) is 19.9. The first kappa shape index (κ1) is 21.4. The molecule has 2 heterocycles. The summed E-state index contributed by atoms with van der Waals surface area (Å²) in [6.07, 6.45) is 0. The van der Waals surface area contributed by atoms with Gasteiger partial charge in [-0.2, -0.15) is 18.4 Å². The molecule has 0 atom stereocenters. The second kappa shape index (κ2) is 8.33. The zero-order valence-corrected chi connectivity index (χ0v) is 12.9. The van der Waals surface area contributed by atoms with E-state index in [1.54, 1.807) is 0 Å². The number of nitrogens with two attached hydrogens (primary N) is 4. The average Bonchev–Trinajstić information content (AvgIpc) is 2.40. The maximum atomic E-state index is 10.6. The maximum Gasteiger partial charge on any atom is 0.394 e. The van der Waals surface area contributed by atoms with E-state index in [0.717, 1.165) is 0 Å². The van der Waals surface area contributed by atoms with Crippen LogP contribution < -0.4 is 34.1 Å². The third-order valence-electron chi connectivity index (χ3n) is 1.91. The Hall–Kier alpha value is -3.57. The molecule has 0 saturated heterocycles. The van der Waals surface area contributed by atoms with Crippen LogP contribution in [0, 0.1) is 0 Å². The van der Waals surface area contributed by atoms with E-state index < -0.39 is 33.3 Å². The molecule has 0 spiro atoms. The molecule has 0 radical (unpaired) electrons. The minimum atomic E-state index is -4.67. The van der Waals surface area contributed by atoms with Gasteiger partial charge in [0.25, 0.3) is 11.1 Å². The highest BCUT2D eigenvalue weighted by atomic mass is 32.3. The number of nitrogen functional groups attached to an aromatic ring is 4. The molecule has 25 heavy (non-hydrogen) atoms. The van der Waals surface area contributed by atoms with E-state index in [0.29, 0.717) is 0 Å². The van der Waals surface area contributed by atoms with Gasteiger partial charge in [-0.15, -0.1) is 0 Å². The number of aromatic nitrogens is 4. The van der Waals surface area contributed by atoms with Crippen molar-refractivity contribution in [3.63, 3.8) is 0 Å². The summed E-state index contributed by atoms with van der Waals surface area (Å²) >= 11 is 0. The van der Waals surface area contributed by atoms with Crippen molar-refractivity contribution in [1.82, 2.24) is 19.9 Å². The van der Waals surface area contributed by atoms with Crippen molar-refractivity contribution in [2.24, 2.45) is 0 Å². The topological polar surface area (TPSA) is 311 Å². The van der Waals surface area contributed by atoms with Gasteiger partial charge in [-0.05, 0) is 0 Å². The van der Waals surface area contributed by atoms with Gasteiger partial charge >= 0.3 is 10.4 Å². The lowest BCUT2D eigenvalue weighted by atomic mass is 10.5. The first-order valence-electron chi connectivity index (χ1n) is 5.60. The summed E-state index contributed by atoms with van der Waals surface area (Å²) in [5, 5.41) is 17.5. The molecule has 0 aliphatic rings. The number of nitrogens with one attached hydrogen (secondary N) is 2. The first-order chi connectivity index (χ1) is 11.2. The number of aromatic hydroxyl groups is 2. The molecule has 0 aromatic carbocycles. The van der Waals surface area contributed by atoms with Crippen LogP contribution in [-0.4, -0.2) is 47.7 Å². The first-order valence-corrected chi connectivity index (χ1v) is 7.00. The van der Waals surface area contributed by atoms with Crippen LogP contribution in [0.1, 0.15) is 0 Å². The Morgan fingerprint density at radius 2 is 1.00 bits per heavy atom. The van der Waals surface area contributed by atoms with E-state index in [1.165, 1.54) is 0 Å². The van der Waals surface area contributed by atoms with Crippen LogP contribution in [0.15, 0.2) is 9.59 Å². The minimum absolute atomic E-state index is 0.156. The quantitative estimate of drug-likeness (QED) is 0.199. The third kappa shape index (κ3) is 8.59. The molecule has 16 nitrogen and oxygen atoms in total. The fourth-order valence-electron chi connectivity index (χ4n) is 0.975. The van der Waals surface area contributed by atoms with Gasteiger partial charge in [0.1, 0.15) is 0 Å². The summed E-state index contributed by atoms with van der Waals surface area (Å²) in [5.41, 5.74) is 18.3. The highest BCUT2D eigenvalue weighted by Crippen LogP contribution is 2.09. The molecule has 2 rings (SSSR count). The van der Waals surface area contributed by atoms with Crippen molar-refractivity contribution >= 4 is 33.7 Å². The third-order valence-corrected chi connectivity index (χ3v) is 1.91. The molecule has 2 aromatic heterocycles. The summed E-state index contributed by atoms with van der Waals surface area (Å²) in [7, 11) is -4.67. The zero-order valence-electron chi connectivity index (χ0n) is 12.0. The summed E-state index contributed by atoms with van der Waals surface area (Å²) < 4.78 is 31.6. The second-order valence-electron chi connectivity index (χ2n) is 3.82. The molecule has 0 unspecified atom stereocenters. The number of aromatic amines is 2. The normalized spacial score (nSPS) is 10.0. The maximum absolute atomic E-state index is 10.6. The van der Waals surface area contributed by atoms with Crippen molar-refractivity contribution in [3.8, 4) is 11.8 Å². The SMILES string of the molecule is Nc1nc(O)c(N)c(=O)[nH]1.Nc1nc(O)c(N)c(=O)[nH]1.O=S(=O)(O)O. The van der Waals surface area contributed by atoms with Gasteiger partial charge < -0.3 is 33.1 Å². The molecule has 0 aliphatic carbocycles. The number of H-pyrrole nitrogens is 2. The Labute approximate surface area is 137 Å². The largest absolute Gasteiger partial charge is 0.492 e. The standard InChI is InChI=1S/2C4H6N4O2.H2O4S/c2*5-1-2(9)7-4(6)8-3(1)10;1-5(2,3)4/h2*5H2,(H4,6,7,8,9,10);(H2,1,2,3,4). The van der Waals surface area contributed by atoms with E-state index in [1.807, 2.05) is 0 Å². The summed E-state index contributed by atoms with van der Waals surface area (Å²) in [6.45, 7) is 0. The van der Waals surface area contributed by atoms with Gasteiger partial charge in [-0.1, -0.05) is 0 Å². The Kier molecular flexibility index (Phi) is 7.14. The van der Waals surface area contributed by atoms with Crippen LogP contribution in [0.3, 0.4) is 0 Å². The molecular formula is C8H14N8O8S. The highest BCUT2D eigenvalue weighted by Gasteiger charge is 2.03. The Morgan fingerprint density at radius 3 is 1.20 bits per heavy atom. The lowest BCUT2D eigenvalue weighted by molar-refractivity contribution is 0.381. The lowest BCUT2D eigenvalue weighted by Crippen LogP contribution is -2.14. The van der Waals surface area contributed by atoms with Crippen LogP contribution in [0.25, 0.3) is 0 Å². The van der Waals surface area contributed by atoms with Gasteiger partial charge in [0.05, 0.1) is 0 Å². The second-order valence-corrected chi connectivity index (χ2v) is 4.72. The number of hydrogen-bond donors (Lipinski definition) is 10. The monoisotopic (exact) mass is 382 g/mol. The van der Waals surface area contributed by atoms with E-state index in [4.69, 9.17) is 50.7 Å². The van der Waals surface area contributed by atoms with Crippen molar-refractivity contribution in [3.05, 3.63) is 20.7 Å². The van der Waals surface area contributed by atoms with Crippen molar-refractivity contribution < 1.29 is 27.7 Å². The number of rotatable bonds is 0. The van der Waals surface area contributed by atoms with Gasteiger partial charge in [-0.25, -0.2) is 0 Å². The molecule has 0 fully saturated rings. The van der Waals surface area contributed by atoms with Gasteiger partial charge in [-0.3, -0.25) is 28.7 Å². The molecule has 0 aliphatic heterocycles. The molecular weight excluding hydrogens is 368 g/mol. The molecule has 0 bridgehead atoms. The van der Waals surface area contributed by atoms with Gasteiger partial charge in [0, 0.05) is 0 Å². The van der Waals surface area contributed by atoms with Crippen LogP contribution in [0.4, 0.5) is 23.3 Å². The molecule has 14 N–H and O–H groups in total. The smallest absolute Gasteiger partial charge is 0.394 e. The van der Waals surface area contributed by atoms with Crippen molar-refractivity contribution in [2.45, 2.75) is 0 Å². The fraction of sp³-hybridized carbons (Fsp3) is 0. The molecule has 140 valence electrons. The predicted molar refractivity (Wildman–Crippen MR) is 84.9 cm³/mol. The van der Waals surface area contributed by atoms with E-state index in [9.17, 15) is 9.59 Å². The van der Waals surface area contributed by atoms with Crippen LogP contribution in [0.5, 0.6) is 11.8 Å². The van der Waals surface area contributed by atoms with E-state index >= 15 is 0 Å². The summed E-state index contributed by atoms with van der Waals surface area (Å²) in [5.74, 6) is -1.39.